The summed E-state index contributed by atoms with van der Waals surface area (Å²) < 4.78 is 7.98. The van der Waals surface area contributed by atoms with Crippen molar-refractivity contribution in [1.82, 2.24) is 10.1 Å². The van der Waals surface area contributed by atoms with Crippen LogP contribution in [0.15, 0.2) is 42.7 Å². The highest BCUT2D eigenvalue weighted by Gasteiger charge is 2.21. The zero-order valence-electron chi connectivity index (χ0n) is 13.8. The summed E-state index contributed by atoms with van der Waals surface area (Å²) in [6.07, 6.45) is 1.36. The Labute approximate surface area is 171 Å². The fraction of sp³-hybridized carbons (Fsp3) is 0.222. The number of nitrogens with zero attached hydrogens (tertiary/aromatic N) is 2. The second-order valence-electron chi connectivity index (χ2n) is 5.76. The molecule has 1 atom stereocenters. The molecular weight excluding hydrogens is 416 g/mol. The maximum absolute atomic E-state index is 6.39. The van der Waals surface area contributed by atoms with E-state index in [0.717, 1.165) is 17.0 Å². The largest absolute Gasteiger partial charge is 0.364 e. The minimum atomic E-state index is -0.350. The average Bonchev–Trinajstić information content (AvgIpc) is 2.98. The van der Waals surface area contributed by atoms with Crippen molar-refractivity contribution < 1.29 is 9.42 Å². The number of aromatic nitrogens is 3. The fourth-order valence-corrected chi connectivity index (χ4v) is 3.59. The van der Waals surface area contributed by atoms with Crippen molar-refractivity contribution in [2.75, 3.05) is 0 Å². The maximum Gasteiger partial charge on any atom is 0.307 e. The van der Waals surface area contributed by atoms with Crippen molar-refractivity contribution in [3.8, 4) is 0 Å². The molecule has 1 N–H and O–H groups in total. The summed E-state index contributed by atoms with van der Waals surface area (Å²) in [4.78, 5) is 4.20. The van der Waals surface area contributed by atoms with Crippen LogP contribution in [0.4, 0.5) is 0 Å². The van der Waals surface area contributed by atoms with Gasteiger partial charge in [0, 0.05) is 38.1 Å². The molecule has 8 heteroatoms. The van der Waals surface area contributed by atoms with Crippen LogP contribution in [0.25, 0.3) is 0 Å². The first-order chi connectivity index (χ1) is 12.4. The molecule has 0 radical (unpaired) electrons. The molecule has 2 aromatic carbocycles. The molecule has 0 saturated carbocycles. The molecular formula is C18H16Cl4N3O+. The number of H-pyrrole nitrogens is 1. The van der Waals surface area contributed by atoms with Crippen LogP contribution in [0, 0.1) is 6.92 Å². The van der Waals surface area contributed by atoms with E-state index in [-0.39, 0.29) is 12.7 Å². The lowest BCUT2D eigenvalue weighted by molar-refractivity contribution is -0.758. The molecule has 4 nitrogen and oxygen atoms in total. The van der Waals surface area contributed by atoms with Gasteiger partial charge in [-0.3, -0.25) is 0 Å². The zero-order chi connectivity index (χ0) is 18.7. The number of rotatable bonds is 6. The van der Waals surface area contributed by atoms with E-state index in [1.807, 2.05) is 17.7 Å². The highest BCUT2D eigenvalue weighted by Crippen LogP contribution is 2.31. The van der Waals surface area contributed by atoms with E-state index in [9.17, 15) is 0 Å². The summed E-state index contributed by atoms with van der Waals surface area (Å²) >= 11 is 24.9. The van der Waals surface area contributed by atoms with Crippen molar-refractivity contribution in [2.45, 2.75) is 26.2 Å². The number of hydrogen-bond acceptors (Lipinski definition) is 2. The Hall–Kier alpha value is -1.30. The quantitative estimate of drug-likeness (QED) is 0.517. The van der Waals surface area contributed by atoms with E-state index in [1.54, 1.807) is 36.7 Å². The summed E-state index contributed by atoms with van der Waals surface area (Å²) in [5.74, 6) is 0.806. The van der Waals surface area contributed by atoms with Crippen LogP contribution in [-0.4, -0.2) is 10.1 Å². The molecule has 1 unspecified atom stereocenters. The van der Waals surface area contributed by atoms with Gasteiger partial charge in [-0.1, -0.05) is 58.5 Å². The molecule has 0 spiro atoms. The lowest BCUT2D eigenvalue weighted by Crippen LogP contribution is -2.39. The number of aromatic amines is 1. The molecule has 0 bridgehead atoms. The normalized spacial score (nSPS) is 12.3. The van der Waals surface area contributed by atoms with Gasteiger partial charge in [-0.2, -0.15) is 9.78 Å². The average molecular weight is 432 g/mol. The topological polar surface area (TPSA) is 41.8 Å². The van der Waals surface area contributed by atoms with Gasteiger partial charge in [0.25, 0.3) is 0 Å². The summed E-state index contributed by atoms with van der Waals surface area (Å²) in [7, 11) is 0. The number of benzene rings is 2. The van der Waals surface area contributed by atoms with E-state index in [0.29, 0.717) is 26.6 Å². The van der Waals surface area contributed by atoms with E-state index < -0.39 is 0 Å². The van der Waals surface area contributed by atoms with Gasteiger partial charge in [-0.15, -0.1) is 0 Å². The van der Waals surface area contributed by atoms with Crippen LogP contribution in [0.1, 0.15) is 23.1 Å². The van der Waals surface area contributed by atoms with Gasteiger partial charge >= 0.3 is 6.33 Å². The van der Waals surface area contributed by atoms with E-state index >= 15 is 0 Å². The van der Waals surface area contributed by atoms with Crippen molar-refractivity contribution in [1.29, 1.82) is 0 Å². The lowest BCUT2D eigenvalue weighted by Gasteiger charge is -2.19. The first kappa shape index (κ1) is 19.5. The Bertz CT molecular complexity index is 893. The highest BCUT2D eigenvalue weighted by molar-refractivity contribution is 6.36. The van der Waals surface area contributed by atoms with Gasteiger partial charge in [0.2, 0.25) is 5.82 Å². The van der Waals surface area contributed by atoms with Gasteiger partial charge in [-0.05, 0) is 29.2 Å². The summed E-state index contributed by atoms with van der Waals surface area (Å²) in [5.41, 5.74) is 1.55. The number of ether oxygens (including phenoxy) is 1. The molecule has 0 aliphatic rings. The zero-order valence-corrected chi connectivity index (χ0v) is 16.9. The Balaban J connectivity index is 1.87. The van der Waals surface area contributed by atoms with E-state index in [2.05, 4.69) is 10.1 Å². The second kappa shape index (κ2) is 8.59. The third-order valence-electron chi connectivity index (χ3n) is 3.86. The number of halogens is 4. The predicted molar refractivity (Wildman–Crippen MR) is 104 cm³/mol. The molecule has 1 aromatic heterocycles. The Kier molecular flexibility index (Phi) is 6.43. The number of nitrogens with one attached hydrogen (secondary N) is 1. The maximum atomic E-state index is 6.39. The van der Waals surface area contributed by atoms with Crippen LogP contribution in [0.3, 0.4) is 0 Å². The molecule has 3 aromatic rings. The van der Waals surface area contributed by atoms with Crippen LogP contribution in [0.5, 0.6) is 0 Å². The fourth-order valence-electron chi connectivity index (χ4n) is 2.55. The number of hydrogen-bond donors (Lipinski definition) is 1. The first-order valence-electron chi connectivity index (χ1n) is 7.84. The standard InChI is InChI=1S/C18H15Cl4N3O/c1-11-23-10-25(24-11)8-18(13-6-5-12(19)7-17(13)22)26-9-14-15(20)3-2-4-16(14)21/h2-7,10,18H,8-9H2,1H3/p+1. The molecule has 1 heterocycles. The first-order valence-corrected chi connectivity index (χ1v) is 9.35. The Morgan fingerprint density at radius 1 is 1.08 bits per heavy atom. The Morgan fingerprint density at radius 3 is 2.42 bits per heavy atom. The third-order valence-corrected chi connectivity index (χ3v) is 5.13. The molecule has 0 aliphatic carbocycles. The molecule has 0 amide bonds. The van der Waals surface area contributed by atoms with Crippen molar-refractivity contribution in [3.05, 3.63) is 79.8 Å². The number of aryl methyl sites for hydroxylation is 1. The SMILES string of the molecule is Cc1nc[n+](CC(OCc2c(Cl)cccc2Cl)c2ccc(Cl)cc2Cl)[nH]1. The van der Waals surface area contributed by atoms with Crippen LogP contribution in [-0.2, 0) is 17.9 Å². The molecule has 0 aliphatic heterocycles. The predicted octanol–water partition coefficient (Wildman–Crippen LogP) is 5.58. The van der Waals surface area contributed by atoms with Crippen LogP contribution in [0.2, 0.25) is 20.1 Å². The van der Waals surface area contributed by atoms with Crippen LogP contribution < -0.4 is 4.68 Å². The van der Waals surface area contributed by atoms with Crippen molar-refractivity contribution in [3.63, 3.8) is 0 Å². The van der Waals surface area contributed by atoms with Gasteiger partial charge < -0.3 is 4.74 Å². The third kappa shape index (κ3) is 4.70. The summed E-state index contributed by atoms with van der Waals surface area (Å²) in [6.45, 7) is 2.62. The van der Waals surface area contributed by atoms with Crippen molar-refractivity contribution in [2.24, 2.45) is 0 Å². The smallest absolute Gasteiger partial charge is 0.307 e. The van der Waals surface area contributed by atoms with E-state index in [4.69, 9.17) is 51.1 Å². The summed E-state index contributed by atoms with van der Waals surface area (Å²) in [5, 5.41) is 5.35. The summed E-state index contributed by atoms with van der Waals surface area (Å²) in [6, 6.07) is 10.7. The van der Waals surface area contributed by atoms with Gasteiger partial charge in [0.15, 0.2) is 0 Å². The molecule has 0 saturated heterocycles. The molecule has 26 heavy (non-hydrogen) atoms. The molecule has 136 valence electrons. The van der Waals surface area contributed by atoms with Crippen LogP contribution >= 0.6 is 46.4 Å². The second-order valence-corrected chi connectivity index (χ2v) is 7.42. The lowest BCUT2D eigenvalue weighted by atomic mass is 10.1. The van der Waals surface area contributed by atoms with Gasteiger partial charge in [-0.25, -0.2) is 0 Å². The van der Waals surface area contributed by atoms with Gasteiger partial charge in [0.1, 0.15) is 12.6 Å². The minimum absolute atomic E-state index is 0.246. The highest BCUT2D eigenvalue weighted by atomic mass is 35.5. The molecule has 3 rings (SSSR count). The van der Waals surface area contributed by atoms with Crippen molar-refractivity contribution >= 4 is 46.4 Å². The van der Waals surface area contributed by atoms with Gasteiger partial charge in [0.05, 0.1) is 6.61 Å². The Morgan fingerprint density at radius 2 is 1.81 bits per heavy atom. The minimum Gasteiger partial charge on any atom is -0.364 e. The van der Waals surface area contributed by atoms with E-state index in [1.165, 1.54) is 0 Å². The molecule has 0 fully saturated rings. The monoisotopic (exact) mass is 430 g/mol.